The Morgan fingerprint density at radius 2 is 2.00 bits per heavy atom. The second-order valence-electron chi connectivity index (χ2n) is 2.22. The molecule has 0 bridgehead atoms. The predicted molar refractivity (Wildman–Crippen MR) is 57.4 cm³/mol. The Morgan fingerprint density at radius 3 is 2.46 bits per heavy atom. The van der Waals surface area contributed by atoms with Crippen LogP contribution in [-0.4, -0.2) is 13.4 Å². The first-order valence-electron chi connectivity index (χ1n) is 3.37. The van der Waals surface area contributed by atoms with E-state index in [-0.39, 0.29) is 9.32 Å². The fourth-order valence-corrected chi connectivity index (χ4v) is 2.10. The molecule has 1 nitrogen and oxygen atoms in total. The fraction of sp³-hybridized carbons (Fsp3) is 0.250. The summed E-state index contributed by atoms with van der Waals surface area (Å²) in [5.74, 6) is -1.08. The molecule has 0 fully saturated rings. The van der Waals surface area contributed by atoms with Crippen LogP contribution in [0.2, 0.25) is 0 Å². The molecular weight excluding hydrogens is 309 g/mol. The molecule has 0 saturated heterocycles. The fourth-order valence-electron chi connectivity index (χ4n) is 0.856. The molecule has 0 unspecified atom stereocenters. The van der Waals surface area contributed by atoms with Crippen molar-refractivity contribution in [1.82, 2.24) is 0 Å². The van der Waals surface area contributed by atoms with E-state index in [1.54, 1.807) is 28.8 Å². The second-order valence-corrected chi connectivity index (χ2v) is 4.15. The van der Waals surface area contributed by atoms with Gasteiger partial charge in [0.1, 0.15) is 0 Å². The van der Waals surface area contributed by atoms with E-state index in [1.165, 1.54) is 24.9 Å². The lowest BCUT2D eigenvalue weighted by atomic mass is 10.3. The van der Waals surface area contributed by atoms with Gasteiger partial charge in [0, 0.05) is 4.90 Å². The molecule has 0 aliphatic carbocycles. The van der Waals surface area contributed by atoms with Crippen molar-refractivity contribution in [3.63, 3.8) is 0 Å². The van der Waals surface area contributed by atoms with Gasteiger partial charge in [0.25, 0.3) is 0 Å². The number of hydrogen-bond acceptors (Lipinski definition) is 2. The summed E-state index contributed by atoms with van der Waals surface area (Å²) < 4.78 is 31.2. The molecule has 13 heavy (non-hydrogen) atoms. The third-order valence-electron chi connectivity index (χ3n) is 1.52. The van der Waals surface area contributed by atoms with E-state index in [9.17, 15) is 8.78 Å². The zero-order chi connectivity index (χ0) is 10.0. The van der Waals surface area contributed by atoms with Gasteiger partial charge in [-0.3, -0.25) is 0 Å². The molecule has 1 rings (SSSR count). The number of rotatable bonds is 2. The van der Waals surface area contributed by atoms with Gasteiger partial charge < -0.3 is 4.74 Å². The topological polar surface area (TPSA) is 9.23 Å². The molecule has 1 aromatic carbocycles. The Bertz CT molecular complexity index is 302. The molecule has 0 atom stereocenters. The average Bonchev–Trinajstić information content (AvgIpc) is 2.15. The Hall–Kier alpha value is -0.0400. The molecule has 5 heteroatoms. The van der Waals surface area contributed by atoms with Crippen molar-refractivity contribution >= 4 is 34.4 Å². The Kier molecular flexibility index (Phi) is 3.78. The maximum atomic E-state index is 13.3. The molecule has 0 aromatic heterocycles. The van der Waals surface area contributed by atoms with Crippen LogP contribution in [0.5, 0.6) is 5.75 Å². The van der Waals surface area contributed by atoms with E-state index in [4.69, 9.17) is 4.74 Å². The molecule has 72 valence electrons. The lowest BCUT2D eigenvalue weighted by Gasteiger charge is -2.07. The number of methoxy groups -OCH3 is 1. The zero-order valence-electron chi connectivity index (χ0n) is 7.03. The van der Waals surface area contributed by atoms with Crippen LogP contribution in [0.25, 0.3) is 0 Å². The summed E-state index contributed by atoms with van der Waals surface area (Å²) in [6.07, 6.45) is 1.73. The van der Waals surface area contributed by atoms with Crippen molar-refractivity contribution in [2.75, 3.05) is 13.4 Å². The lowest BCUT2D eigenvalue weighted by Crippen LogP contribution is -1.96. The van der Waals surface area contributed by atoms with Crippen molar-refractivity contribution in [3.05, 3.63) is 21.3 Å². The van der Waals surface area contributed by atoms with Crippen molar-refractivity contribution in [1.29, 1.82) is 0 Å². The quantitative estimate of drug-likeness (QED) is 0.470. The van der Waals surface area contributed by atoms with Crippen molar-refractivity contribution < 1.29 is 13.5 Å². The van der Waals surface area contributed by atoms with Crippen molar-refractivity contribution in [3.8, 4) is 5.75 Å². The molecule has 0 aliphatic heterocycles. The van der Waals surface area contributed by atoms with Crippen LogP contribution in [0.3, 0.4) is 0 Å². The van der Waals surface area contributed by atoms with Crippen LogP contribution in [0.1, 0.15) is 0 Å². The van der Waals surface area contributed by atoms with Gasteiger partial charge in [-0.1, -0.05) is 0 Å². The monoisotopic (exact) mass is 316 g/mol. The lowest BCUT2D eigenvalue weighted by molar-refractivity contribution is 0.379. The summed E-state index contributed by atoms with van der Waals surface area (Å²) in [5, 5.41) is 0. The number of halogens is 3. The number of benzene rings is 1. The predicted octanol–water partition coefficient (Wildman–Crippen LogP) is 3.30. The third kappa shape index (κ3) is 2.07. The minimum atomic E-state index is -0.640. The van der Waals surface area contributed by atoms with Crippen molar-refractivity contribution in [2.45, 2.75) is 4.90 Å². The number of ether oxygens (including phenoxy) is 1. The van der Waals surface area contributed by atoms with Gasteiger partial charge >= 0.3 is 0 Å². The summed E-state index contributed by atoms with van der Waals surface area (Å²) in [6, 6.07) is 1.36. The average molecular weight is 316 g/mol. The summed E-state index contributed by atoms with van der Waals surface area (Å²) >= 11 is 2.84. The Balaban J connectivity index is 3.36. The molecule has 0 radical (unpaired) electrons. The minimum Gasteiger partial charge on any atom is -0.494 e. The molecule has 0 aliphatic rings. The summed E-state index contributed by atoms with van der Waals surface area (Å²) in [6.45, 7) is 0. The summed E-state index contributed by atoms with van der Waals surface area (Å²) in [7, 11) is 1.36. The van der Waals surface area contributed by atoms with Crippen molar-refractivity contribution in [2.24, 2.45) is 0 Å². The first-order valence-corrected chi connectivity index (χ1v) is 5.67. The van der Waals surface area contributed by atoms with E-state index < -0.39 is 11.6 Å². The smallest absolute Gasteiger partial charge is 0.181 e. The largest absolute Gasteiger partial charge is 0.494 e. The van der Waals surface area contributed by atoms with Crippen LogP contribution in [0.15, 0.2) is 11.0 Å². The molecule has 0 heterocycles. The van der Waals surface area contributed by atoms with Crippen LogP contribution >= 0.6 is 34.4 Å². The molecule has 0 spiro atoms. The number of hydrogen-bond donors (Lipinski definition) is 0. The second kappa shape index (κ2) is 4.45. The molecule has 0 saturated carbocycles. The van der Waals surface area contributed by atoms with Gasteiger partial charge in [-0.15, -0.1) is 11.8 Å². The van der Waals surface area contributed by atoms with E-state index in [1.807, 2.05) is 0 Å². The van der Waals surface area contributed by atoms with Gasteiger partial charge in [-0.05, 0) is 34.9 Å². The highest BCUT2D eigenvalue weighted by Gasteiger charge is 2.16. The molecule has 0 N–H and O–H groups in total. The third-order valence-corrected chi connectivity index (χ3v) is 3.20. The van der Waals surface area contributed by atoms with E-state index in [0.29, 0.717) is 4.90 Å². The Morgan fingerprint density at radius 1 is 1.38 bits per heavy atom. The SMILES string of the molecule is COc1cc(SC)c(F)c(I)c1F. The molecular formula is C8H7F2IOS. The highest BCUT2D eigenvalue weighted by Crippen LogP contribution is 2.31. The van der Waals surface area contributed by atoms with Gasteiger partial charge in [0.15, 0.2) is 17.4 Å². The van der Waals surface area contributed by atoms with Gasteiger partial charge in [-0.25, -0.2) is 8.78 Å². The normalized spacial score (nSPS) is 10.2. The molecule has 0 amide bonds. The summed E-state index contributed by atoms with van der Waals surface area (Å²) in [5.41, 5.74) is 0. The first kappa shape index (κ1) is 11.0. The molecule has 1 aromatic rings. The highest BCUT2D eigenvalue weighted by atomic mass is 127. The highest BCUT2D eigenvalue weighted by molar-refractivity contribution is 14.1. The van der Waals surface area contributed by atoms with Crippen LogP contribution in [0.4, 0.5) is 8.78 Å². The zero-order valence-corrected chi connectivity index (χ0v) is 10.0. The minimum absolute atomic E-state index is 0.0266. The maximum Gasteiger partial charge on any atom is 0.181 e. The van der Waals surface area contributed by atoms with Crippen LogP contribution < -0.4 is 4.74 Å². The van der Waals surface area contributed by atoms with Crippen LogP contribution in [-0.2, 0) is 0 Å². The standard InChI is InChI=1S/C8H7F2IOS/c1-12-4-3-5(13-2)7(10)8(11)6(4)9/h3H,1-2H3. The van der Waals surface area contributed by atoms with E-state index in [0.717, 1.165) is 0 Å². The van der Waals surface area contributed by atoms with Gasteiger partial charge in [0.2, 0.25) is 0 Å². The van der Waals surface area contributed by atoms with E-state index in [2.05, 4.69) is 0 Å². The van der Waals surface area contributed by atoms with Gasteiger partial charge in [-0.2, -0.15) is 0 Å². The first-order chi connectivity index (χ1) is 6.11. The Labute approximate surface area is 93.0 Å². The summed E-state index contributed by atoms with van der Waals surface area (Å²) in [4.78, 5) is 0.391. The van der Waals surface area contributed by atoms with Crippen LogP contribution in [0, 0.1) is 15.2 Å². The van der Waals surface area contributed by atoms with Gasteiger partial charge in [0.05, 0.1) is 10.7 Å². The van der Waals surface area contributed by atoms with E-state index >= 15 is 0 Å². The maximum absolute atomic E-state index is 13.3. The number of thioether (sulfide) groups is 1.